The zero-order valence-electron chi connectivity index (χ0n) is 8.91. The van der Waals surface area contributed by atoms with Crippen LogP contribution in [-0.4, -0.2) is 15.9 Å². The third-order valence-corrected chi connectivity index (χ3v) is 2.68. The molecule has 0 saturated carbocycles. The van der Waals surface area contributed by atoms with Gasteiger partial charge in [-0.05, 0) is 32.0 Å². The summed E-state index contributed by atoms with van der Waals surface area (Å²) in [6.45, 7) is 3.07. The Kier molecular flexibility index (Phi) is 2.56. The molecule has 1 aromatic heterocycles. The number of hydrogen-bond donors (Lipinski definition) is 1. The molecule has 0 bridgehead atoms. The Balaban J connectivity index is 2.96. The zero-order valence-corrected chi connectivity index (χ0v) is 9.67. The molecule has 3 nitrogen and oxygen atoms in total. The van der Waals surface area contributed by atoms with Crippen molar-refractivity contribution in [2.75, 3.05) is 0 Å². The number of carbonyl (C=O) groups excluding carboxylic acids is 1. The second-order valence-electron chi connectivity index (χ2n) is 3.64. The third-order valence-electron chi connectivity index (χ3n) is 2.45. The summed E-state index contributed by atoms with van der Waals surface area (Å²) < 4.78 is 0. The van der Waals surface area contributed by atoms with Gasteiger partial charge in [0.1, 0.15) is 5.75 Å². The number of rotatable bonds is 1. The average Bonchev–Trinajstić information content (AvgIpc) is 2.20. The zero-order chi connectivity index (χ0) is 11.9. The van der Waals surface area contributed by atoms with E-state index in [1.807, 2.05) is 0 Å². The van der Waals surface area contributed by atoms with Crippen LogP contribution < -0.4 is 0 Å². The van der Waals surface area contributed by atoms with Gasteiger partial charge in [0.2, 0.25) is 0 Å². The van der Waals surface area contributed by atoms with Crippen LogP contribution in [-0.2, 0) is 0 Å². The van der Waals surface area contributed by atoms with Crippen molar-refractivity contribution in [1.82, 2.24) is 4.98 Å². The highest BCUT2D eigenvalue weighted by atomic mass is 35.5. The van der Waals surface area contributed by atoms with E-state index >= 15 is 0 Å². The topological polar surface area (TPSA) is 50.2 Å². The summed E-state index contributed by atoms with van der Waals surface area (Å²) in [5, 5.41) is 10.9. The minimum absolute atomic E-state index is 0.0673. The standard InChI is InChI=1S/C12H10ClNO2/c1-6-12(16)11(7(2)15)9-5-8(13)3-4-10(9)14-6/h3-5,16H,1-2H3. The second kappa shape index (κ2) is 3.76. The number of ketones is 1. The number of nitrogens with zero attached hydrogens (tertiary/aromatic N) is 1. The first-order valence-corrected chi connectivity index (χ1v) is 5.18. The molecular formula is C12H10ClNO2. The number of aromatic hydroxyl groups is 1. The van der Waals surface area contributed by atoms with Gasteiger partial charge in [0, 0.05) is 10.4 Å². The van der Waals surface area contributed by atoms with E-state index in [-0.39, 0.29) is 17.1 Å². The van der Waals surface area contributed by atoms with Crippen LogP contribution in [0.5, 0.6) is 5.75 Å². The minimum atomic E-state index is -0.199. The Bertz CT molecular complexity index is 593. The van der Waals surface area contributed by atoms with Gasteiger partial charge in [-0.25, -0.2) is 4.98 Å². The molecule has 0 fully saturated rings. The van der Waals surface area contributed by atoms with Crippen molar-refractivity contribution in [3.8, 4) is 5.75 Å². The molecule has 1 heterocycles. The van der Waals surface area contributed by atoms with Crippen molar-refractivity contribution in [2.24, 2.45) is 0 Å². The van der Waals surface area contributed by atoms with E-state index in [0.717, 1.165) is 0 Å². The minimum Gasteiger partial charge on any atom is -0.505 e. The number of carbonyl (C=O) groups is 1. The number of benzene rings is 1. The van der Waals surface area contributed by atoms with Crippen molar-refractivity contribution in [2.45, 2.75) is 13.8 Å². The summed E-state index contributed by atoms with van der Waals surface area (Å²) in [7, 11) is 0. The second-order valence-corrected chi connectivity index (χ2v) is 4.07. The number of hydrogen-bond acceptors (Lipinski definition) is 3. The van der Waals surface area contributed by atoms with Crippen molar-refractivity contribution >= 4 is 28.3 Å². The summed E-state index contributed by atoms with van der Waals surface area (Å²) in [6.07, 6.45) is 0. The fourth-order valence-electron chi connectivity index (χ4n) is 1.70. The maximum Gasteiger partial charge on any atom is 0.164 e. The predicted molar refractivity (Wildman–Crippen MR) is 63.2 cm³/mol. The van der Waals surface area contributed by atoms with E-state index in [2.05, 4.69) is 4.98 Å². The average molecular weight is 236 g/mol. The molecular weight excluding hydrogens is 226 g/mol. The molecule has 1 aromatic carbocycles. The Morgan fingerprint density at radius 1 is 1.44 bits per heavy atom. The maximum atomic E-state index is 11.5. The number of Topliss-reactive ketones (excluding diaryl/α,β-unsaturated/α-hetero) is 1. The summed E-state index contributed by atoms with van der Waals surface area (Å²) >= 11 is 5.87. The first kappa shape index (κ1) is 10.9. The molecule has 0 atom stereocenters. The molecule has 0 spiro atoms. The largest absolute Gasteiger partial charge is 0.505 e. The Hall–Kier alpha value is -1.61. The van der Waals surface area contributed by atoms with Crippen LogP contribution in [0.4, 0.5) is 0 Å². The number of fused-ring (bicyclic) bond motifs is 1. The number of aromatic nitrogens is 1. The summed E-state index contributed by atoms with van der Waals surface area (Å²) in [4.78, 5) is 15.7. The van der Waals surface area contributed by atoms with Crippen LogP contribution >= 0.6 is 11.6 Å². The lowest BCUT2D eigenvalue weighted by Gasteiger charge is -2.08. The molecule has 0 aliphatic carbocycles. The molecule has 4 heteroatoms. The summed E-state index contributed by atoms with van der Waals surface area (Å²) in [5.41, 5.74) is 1.38. The lowest BCUT2D eigenvalue weighted by molar-refractivity contribution is 0.101. The Labute approximate surface area is 97.7 Å². The van der Waals surface area contributed by atoms with Crippen LogP contribution in [0.25, 0.3) is 10.9 Å². The van der Waals surface area contributed by atoms with E-state index in [1.54, 1.807) is 25.1 Å². The third kappa shape index (κ3) is 1.63. The van der Waals surface area contributed by atoms with E-state index < -0.39 is 0 Å². The molecule has 0 amide bonds. The van der Waals surface area contributed by atoms with Gasteiger partial charge in [0.05, 0.1) is 16.8 Å². The van der Waals surface area contributed by atoms with E-state index in [9.17, 15) is 9.90 Å². The van der Waals surface area contributed by atoms with Gasteiger partial charge >= 0.3 is 0 Å². The molecule has 16 heavy (non-hydrogen) atoms. The fourth-order valence-corrected chi connectivity index (χ4v) is 1.88. The van der Waals surface area contributed by atoms with Gasteiger partial charge in [0.15, 0.2) is 5.78 Å². The molecule has 82 valence electrons. The van der Waals surface area contributed by atoms with E-state index in [0.29, 0.717) is 21.6 Å². The van der Waals surface area contributed by atoms with Gasteiger partial charge in [-0.3, -0.25) is 4.79 Å². The number of pyridine rings is 1. The first-order valence-electron chi connectivity index (χ1n) is 4.80. The normalized spacial score (nSPS) is 10.7. The van der Waals surface area contributed by atoms with Crippen LogP contribution in [0.1, 0.15) is 23.0 Å². The van der Waals surface area contributed by atoms with E-state index in [4.69, 9.17) is 11.6 Å². The highest BCUT2D eigenvalue weighted by molar-refractivity contribution is 6.31. The SMILES string of the molecule is CC(=O)c1c(O)c(C)nc2ccc(Cl)cc12. The van der Waals surface area contributed by atoms with Gasteiger partial charge in [0.25, 0.3) is 0 Å². The molecule has 0 saturated heterocycles. The van der Waals surface area contributed by atoms with Crippen LogP contribution in [0, 0.1) is 6.92 Å². The van der Waals surface area contributed by atoms with Crippen molar-refractivity contribution in [3.63, 3.8) is 0 Å². The molecule has 0 aliphatic rings. The highest BCUT2D eigenvalue weighted by Crippen LogP contribution is 2.30. The molecule has 0 aliphatic heterocycles. The van der Waals surface area contributed by atoms with Crippen molar-refractivity contribution in [3.05, 3.63) is 34.5 Å². The molecule has 2 rings (SSSR count). The quantitative estimate of drug-likeness (QED) is 0.773. The predicted octanol–water partition coefficient (Wildman–Crippen LogP) is 3.10. The van der Waals surface area contributed by atoms with E-state index in [1.165, 1.54) is 6.92 Å². The lowest BCUT2D eigenvalue weighted by atomic mass is 10.0. The fraction of sp³-hybridized carbons (Fsp3) is 0.167. The smallest absolute Gasteiger partial charge is 0.164 e. The first-order chi connectivity index (χ1) is 7.50. The van der Waals surface area contributed by atoms with Gasteiger partial charge < -0.3 is 5.11 Å². The summed E-state index contributed by atoms with van der Waals surface area (Å²) in [6, 6.07) is 5.08. The van der Waals surface area contributed by atoms with Gasteiger partial charge in [-0.15, -0.1) is 0 Å². The maximum absolute atomic E-state index is 11.5. The molecule has 0 unspecified atom stereocenters. The van der Waals surface area contributed by atoms with Crippen molar-refractivity contribution < 1.29 is 9.90 Å². The van der Waals surface area contributed by atoms with Crippen molar-refractivity contribution in [1.29, 1.82) is 0 Å². The molecule has 1 N–H and O–H groups in total. The highest BCUT2D eigenvalue weighted by Gasteiger charge is 2.15. The van der Waals surface area contributed by atoms with Crippen LogP contribution in [0.2, 0.25) is 5.02 Å². The molecule has 0 radical (unpaired) electrons. The van der Waals surface area contributed by atoms with Gasteiger partial charge in [-0.2, -0.15) is 0 Å². The van der Waals surface area contributed by atoms with Crippen LogP contribution in [0.3, 0.4) is 0 Å². The summed E-state index contributed by atoms with van der Waals surface area (Å²) in [5.74, 6) is -0.266. The van der Waals surface area contributed by atoms with Crippen LogP contribution in [0.15, 0.2) is 18.2 Å². The Morgan fingerprint density at radius 3 is 2.75 bits per heavy atom. The monoisotopic (exact) mass is 235 g/mol. The Morgan fingerprint density at radius 2 is 2.12 bits per heavy atom. The molecule has 2 aromatic rings. The lowest BCUT2D eigenvalue weighted by Crippen LogP contribution is -1.98. The van der Waals surface area contributed by atoms with Gasteiger partial charge in [-0.1, -0.05) is 11.6 Å². The number of halogens is 1. The number of aryl methyl sites for hydroxylation is 1.